The molecule has 3 nitrogen and oxygen atoms in total. The molecule has 0 aromatic heterocycles. The molecule has 0 unspecified atom stereocenters. The highest BCUT2D eigenvalue weighted by molar-refractivity contribution is 6.32. The summed E-state index contributed by atoms with van der Waals surface area (Å²) in [5.74, 6) is -0.0621. The van der Waals surface area contributed by atoms with E-state index in [0.29, 0.717) is 16.9 Å². The van der Waals surface area contributed by atoms with Gasteiger partial charge in [0, 0.05) is 12.0 Å². The van der Waals surface area contributed by atoms with Crippen LogP contribution < -0.4 is 0 Å². The number of carbonyl (C=O) groups is 2. The summed E-state index contributed by atoms with van der Waals surface area (Å²) in [6.07, 6.45) is 0.274. The van der Waals surface area contributed by atoms with Gasteiger partial charge in [0.25, 0.3) is 0 Å². The Hall–Kier alpha value is -2.94. The Bertz CT molecular complexity index is 926. The minimum Gasteiger partial charge on any atom is -0.422 e. The van der Waals surface area contributed by atoms with Gasteiger partial charge in [0.2, 0.25) is 0 Å². The van der Waals surface area contributed by atoms with Crippen molar-refractivity contribution in [1.82, 2.24) is 0 Å². The Balaban J connectivity index is 1.88. The van der Waals surface area contributed by atoms with E-state index >= 15 is 0 Å². The molecular weight excluding hydrogens is 300 g/mol. The minimum atomic E-state index is -0.443. The standard InChI is InChI=1S/C21H16O3/c1-12-3-7-14(8-4-12)16-11-17(22)19-18(21(23)24-20(16)19)15-9-5-13(2)6-10-15/h3-10H,11H2,1-2H3. The number of fused-ring (bicyclic) bond motifs is 1. The van der Waals surface area contributed by atoms with Gasteiger partial charge in [0.15, 0.2) is 5.78 Å². The zero-order chi connectivity index (χ0) is 16.8. The molecule has 0 atom stereocenters. The van der Waals surface area contributed by atoms with Gasteiger partial charge in [-0.05, 0) is 25.0 Å². The number of rotatable bonds is 2. The lowest BCUT2D eigenvalue weighted by molar-refractivity contribution is -0.131. The molecule has 2 aromatic rings. The van der Waals surface area contributed by atoms with Crippen molar-refractivity contribution < 1.29 is 14.3 Å². The first kappa shape index (κ1) is 14.6. The number of aryl methyl sites for hydroxylation is 2. The third kappa shape index (κ3) is 2.21. The fourth-order valence-corrected chi connectivity index (χ4v) is 3.19. The molecule has 0 spiro atoms. The second-order valence-corrected chi connectivity index (χ2v) is 6.28. The van der Waals surface area contributed by atoms with E-state index in [1.165, 1.54) is 0 Å². The summed E-state index contributed by atoms with van der Waals surface area (Å²) in [5, 5.41) is 0. The highest BCUT2D eigenvalue weighted by Crippen LogP contribution is 2.44. The minimum absolute atomic E-state index is 0.0537. The van der Waals surface area contributed by atoms with Crippen LogP contribution in [0.3, 0.4) is 0 Å². The molecule has 0 N–H and O–H groups in total. The highest BCUT2D eigenvalue weighted by Gasteiger charge is 2.41. The molecule has 1 heterocycles. The van der Waals surface area contributed by atoms with Crippen molar-refractivity contribution in [3.8, 4) is 0 Å². The molecule has 0 amide bonds. The van der Waals surface area contributed by atoms with Crippen LogP contribution in [0.1, 0.15) is 28.7 Å². The number of hydrogen-bond acceptors (Lipinski definition) is 3. The summed E-state index contributed by atoms with van der Waals surface area (Å²) >= 11 is 0. The fourth-order valence-electron chi connectivity index (χ4n) is 3.19. The van der Waals surface area contributed by atoms with Crippen LogP contribution in [0.15, 0.2) is 59.9 Å². The predicted molar refractivity (Wildman–Crippen MR) is 91.9 cm³/mol. The SMILES string of the molecule is Cc1ccc(C2=C3OC(=O)C(c4ccc(C)cc4)=C3C(=O)C2)cc1. The lowest BCUT2D eigenvalue weighted by atomic mass is 9.99. The van der Waals surface area contributed by atoms with Crippen molar-refractivity contribution in [2.24, 2.45) is 0 Å². The number of Topliss-reactive ketones (excluding diaryl/α,β-unsaturated/α-hetero) is 1. The third-order valence-electron chi connectivity index (χ3n) is 4.51. The van der Waals surface area contributed by atoms with E-state index in [4.69, 9.17) is 4.74 Å². The number of benzene rings is 2. The Kier molecular flexibility index (Phi) is 3.24. The van der Waals surface area contributed by atoms with Crippen LogP contribution in [-0.4, -0.2) is 11.8 Å². The first-order chi connectivity index (χ1) is 11.5. The number of carbonyl (C=O) groups excluding carboxylic acids is 2. The molecule has 0 bridgehead atoms. The Morgan fingerprint density at radius 2 is 1.29 bits per heavy atom. The summed E-state index contributed by atoms with van der Waals surface area (Å²) in [6.45, 7) is 3.99. The first-order valence-electron chi connectivity index (χ1n) is 7.92. The molecule has 0 saturated carbocycles. The maximum absolute atomic E-state index is 12.6. The second-order valence-electron chi connectivity index (χ2n) is 6.28. The number of allylic oxidation sites excluding steroid dienone is 2. The predicted octanol–water partition coefficient (Wildman–Crippen LogP) is 4.00. The lowest BCUT2D eigenvalue weighted by Crippen LogP contribution is -2.02. The summed E-state index contributed by atoms with van der Waals surface area (Å²) in [5.41, 5.74) is 5.52. The molecule has 24 heavy (non-hydrogen) atoms. The summed E-state index contributed by atoms with van der Waals surface area (Å²) in [4.78, 5) is 25.0. The largest absolute Gasteiger partial charge is 0.422 e. The number of esters is 1. The van der Waals surface area contributed by atoms with Crippen LogP contribution >= 0.6 is 0 Å². The molecule has 1 aliphatic heterocycles. The average Bonchev–Trinajstić information content (AvgIpc) is 3.06. The van der Waals surface area contributed by atoms with Gasteiger partial charge in [-0.2, -0.15) is 0 Å². The van der Waals surface area contributed by atoms with E-state index in [1.807, 2.05) is 62.4 Å². The van der Waals surface area contributed by atoms with Gasteiger partial charge in [-0.25, -0.2) is 4.79 Å². The van der Waals surface area contributed by atoms with Crippen LogP contribution in [0.2, 0.25) is 0 Å². The Morgan fingerprint density at radius 1 is 0.750 bits per heavy atom. The third-order valence-corrected chi connectivity index (χ3v) is 4.51. The fraction of sp³-hybridized carbons (Fsp3) is 0.143. The van der Waals surface area contributed by atoms with E-state index in [9.17, 15) is 9.59 Å². The van der Waals surface area contributed by atoms with Crippen molar-refractivity contribution >= 4 is 22.9 Å². The quantitative estimate of drug-likeness (QED) is 0.787. The van der Waals surface area contributed by atoms with Crippen LogP contribution in [0.25, 0.3) is 11.1 Å². The smallest absolute Gasteiger partial charge is 0.345 e. The van der Waals surface area contributed by atoms with Crippen LogP contribution in [0.5, 0.6) is 0 Å². The molecule has 1 aliphatic carbocycles. The van der Waals surface area contributed by atoms with Gasteiger partial charge in [0.05, 0.1) is 11.1 Å². The van der Waals surface area contributed by atoms with Gasteiger partial charge < -0.3 is 4.74 Å². The van der Waals surface area contributed by atoms with E-state index in [0.717, 1.165) is 27.8 Å². The van der Waals surface area contributed by atoms with E-state index in [1.54, 1.807) is 0 Å². The second kappa shape index (κ2) is 5.31. The Morgan fingerprint density at radius 3 is 1.88 bits per heavy atom. The molecule has 4 rings (SSSR count). The van der Waals surface area contributed by atoms with Crippen LogP contribution in [0.4, 0.5) is 0 Å². The van der Waals surface area contributed by atoms with Gasteiger partial charge in [-0.1, -0.05) is 59.7 Å². The van der Waals surface area contributed by atoms with Crippen molar-refractivity contribution in [2.75, 3.05) is 0 Å². The topological polar surface area (TPSA) is 43.4 Å². The lowest BCUT2D eigenvalue weighted by Gasteiger charge is -2.05. The maximum atomic E-state index is 12.6. The maximum Gasteiger partial charge on any atom is 0.345 e. The van der Waals surface area contributed by atoms with E-state index in [2.05, 4.69) is 0 Å². The molecule has 0 fully saturated rings. The zero-order valence-electron chi connectivity index (χ0n) is 13.6. The number of ketones is 1. The normalized spacial score (nSPS) is 16.8. The van der Waals surface area contributed by atoms with Gasteiger partial charge in [0.1, 0.15) is 5.76 Å². The molecule has 2 aliphatic rings. The van der Waals surface area contributed by atoms with Crippen LogP contribution in [-0.2, 0) is 14.3 Å². The van der Waals surface area contributed by atoms with Crippen molar-refractivity contribution in [1.29, 1.82) is 0 Å². The summed E-state index contributed by atoms with van der Waals surface area (Å²) in [7, 11) is 0. The summed E-state index contributed by atoms with van der Waals surface area (Å²) < 4.78 is 5.50. The number of ether oxygens (including phenoxy) is 1. The van der Waals surface area contributed by atoms with Crippen LogP contribution in [0, 0.1) is 13.8 Å². The monoisotopic (exact) mass is 316 g/mol. The van der Waals surface area contributed by atoms with Gasteiger partial charge in [-0.3, -0.25) is 4.79 Å². The van der Waals surface area contributed by atoms with E-state index < -0.39 is 5.97 Å². The molecule has 0 radical (unpaired) electrons. The van der Waals surface area contributed by atoms with Crippen molar-refractivity contribution in [3.05, 3.63) is 82.1 Å². The summed E-state index contributed by atoms with van der Waals surface area (Å²) in [6, 6.07) is 15.5. The molecule has 118 valence electrons. The molecule has 0 saturated heterocycles. The zero-order valence-corrected chi connectivity index (χ0v) is 13.6. The number of hydrogen-bond donors (Lipinski definition) is 0. The van der Waals surface area contributed by atoms with E-state index in [-0.39, 0.29) is 12.2 Å². The van der Waals surface area contributed by atoms with Gasteiger partial charge in [-0.15, -0.1) is 0 Å². The average molecular weight is 316 g/mol. The van der Waals surface area contributed by atoms with Crippen molar-refractivity contribution in [3.63, 3.8) is 0 Å². The highest BCUT2D eigenvalue weighted by atomic mass is 16.5. The molecule has 2 aromatic carbocycles. The Labute approximate surface area is 140 Å². The first-order valence-corrected chi connectivity index (χ1v) is 7.92. The molecular formula is C21H16O3. The molecule has 3 heteroatoms. The van der Waals surface area contributed by atoms with Crippen molar-refractivity contribution in [2.45, 2.75) is 20.3 Å². The van der Waals surface area contributed by atoms with Gasteiger partial charge >= 0.3 is 5.97 Å².